The lowest BCUT2D eigenvalue weighted by Gasteiger charge is -2.29. The Balaban J connectivity index is 0.000000188. The van der Waals surface area contributed by atoms with E-state index in [2.05, 4.69) is 44.0 Å². The second kappa shape index (κ2) is 15.4. The summed E-state index contributed by atoms with van der Waals surface area (Å²) in [7, 11) is 0. The zero-order valence-corrected chi connectivity index (χ0v) is 24.1. The van der Waals surface area contributed by atoms with Crippen LogP contribution in [0.2, 0.25) is 0 Å². The summed E-state index contributed by atoms with van der Waals surface area (Å²) in [6.07, 6.45) is 2.87. The highest BCUT2D eigenvalue weighted by molar-refractivity contribution is 9.10. The number of imide groups is 2. The lowest BCUT2D eigenvalue weighted by Crippen LogP contribution is -2.52. The standard InChI is InChI=1S/C15H16N2O3.C10H11NO.C5H6BrNO2.CH4/c18-13-7-6-12(15(20)16-13)17-9-11(8-14(17)19)10-4-2-1-3-5-10;12-10-6-9(7-11-10)8-4-2-1-3-5-8;6-3-1-2-4(8)7-5(3)9;/h1-5,11-12H,6-9H2,(H,16,18,20);1-5,9H,6-7H2,(H,11,12);3H,1-2H2,(H,7,8,9);1H4. The van der Waals surface area contributed by atoms with Crippen LogP contribution in [-0.4, -0.2) is 64.3 Å². The molecule has 11 heteroatoms. The number of rotatable bonds is 3. The van der Waals surface area contributed by atoms with Crippen molar-refractivity contribution in [3.8, 4) is 0 Å². The fourth-order valence-corrected chi connectivity index (χ4v) is 5.54. The van der Waals surface area contributed by atoms with Crippen molar-refractivity contribution in [1.82, 2.24) is 20.9 Å². The van der Waals surface area contributed by atoms with Crippen molar-refractivity contribution >= 4 is 51.4 Å². The normalized spacial score (nSPS) is 25.1. The van der Waals surface area contributed by atoms with Gasteiger partial charge >= 0.3 is 0 Å². The van der Waals surface area contributed by atoms with Crippen LogP contribution in [0.3, 0.4) is 0 Å². The van der Waals surface area contributed by atoms with Crippen LogP contribution in [-0.2, 0) is 28.8 Å². The molecule has 4 fully saturated rings. The van der Waals surface area contributed by atoms with E-state index < -0.39 is 6.04 Å². The highest BCUT2D eigenvalue weighted by Gasteiger charge is 2.40. The van der Waals surface area contributed by atoms with Crippen LogP contribution in [0.25, 0.3) is 0 Å². The third kappa shape index (κ3) is 8.82. The number of nitrogens with one attached hydrogen (secondary N) is 3. The number of halogens is 1. The number of nitrogens with zero attached hydrogens (tertiary/aromatic N) is 1. The molecule has 4 atom stereocenters. The van der Waals surface area contributed by atoms with Crippen LogP contribution in [0.1, 0.15) is 68.9 Å². The van der Waals surface area contributed by atoms with E-state index in [1.54, 1.807) is 4.90 Å². The Morgan fingerprint density at radius 3 is 1.71 bits per heavy atom. The molecule has 2 aromatic carbocycles. The highest BCUT2D eigenvalue weighted by atomic mass is 79.9. The molecule has 0 spiro atoms. The second-order valence-electron chi connectivity index (χ2n) is 10.4. The molecule has 10 nitrogen and oxygen atoms in total. The highest BCUT2D eigenvalue weighted by Crippen LogP contribution is 2.31. The third-order valence-electron chi connectivity index (χ3n) is 7.44. The van der Waals surface area contributed by atoms with Gasteiger partial charge in [0.05, 0.1) is 4.83 Å². The summed E-state index contributed by atoms with van der Waals surface area (Å²) in [5.41, 5.74) is 2.38. The molecule has 0 aromatic heterocycles. The first-order valence-corrected chi connectivity index (χ1v) is 14.6. The Morgan fingerprint density at radius 1 is 0.667 bits per heavy atom. The zero-order chi connectivity index (χ0) is 29.4. The molecule has 0 radical (unpaired) electrons. The number of amides is 6. The average Bonchev–Trinajstić information content (AvgIpc) is 3.58. The molecule has 3 N–H and O–H groups in total. The van der Waals surface area contributed by atoms with Gasteiger partial charge in [-0.05, 0) is 24.0 Å². The van der Waals surface area contributed by atoms with Gasteiger partial charge in [-0.2, -0.15) is 0 Å². The van der Waals surface area contributed by atoms with Crippen LogP contribution in [0.15, 0.2) is 60.7 Å². The van der Waals surface area contributed by atoms with Gasteiger partial charge in [0.15, 0.2) is 0 Å². The molecule has 0 saturated carbocycles. The molecular weight excluding hydrogens is 604 g/mol. The summed E-state index contributed by atoms with van der Waals surface area (Å²) >= 11 is 3.12. The lowest BCUT2D eigenvalue weighted by atomic mass is 9.98. The maximum absolute atomic E-state index is 12.1. The van der Waals surface area contributed by atoms with Crippen molar-refractivity contribution in [1.29, 1.82) is 0 Å². The number of carbonyl (C=O) groups excluding carboxylic acids is 6. The molecule has 42 heavy (non-hydrogen) atoms. The molecule has 4 heterocycles. The van der Waals surface area contributed by atoms with Gasteiger partial charge in [0.1, 0.15) is 6.04 Å². The number of likely N-dealkylation sites (tertiary alicyclic amines) is 1. The third-order valence-corrected chi connectivity index (χ3v) is 8.31. The summed E-state index contributed by atoms with van der Waals surface area (Å²) in [6.45, 7) is 1.35. The van der Waals surface area contributed by atoms with Crippen LogP contribution in [0, 0.1) is 0 Å². The van der Waals surface area contributed by atoms with E-state index in [0.29, 0.717) is 51.0 Å². The predicted octanol–water partition coefficient (Wildman–Crippen LogP) is 2.92. The Kier molecular flexibility index (Phi) is 12.0. The first kappa shape index (κ1) is 32.7. The number of carbonyl (C=O) groups is 6. The second-order valence-corrected chi connectivity index (χ2v) is 11.5. The first-order valence-electron chi connectivity index (χ1n) is 13.7. The first-order chi connectivity index (χ1) is 19.7. The predicted molar refractivity (Wildman–Crippen MR) is 160 cm³/mol. The Bertz CT molecular complexity index is 1290. The van der Waals surface area contributed by atoms with Crippen molar-refractivity contribution in [2.45, 2.75) is 68.7 Å². The Hall–Kier alpha value is -3.86. The SMILES string of the molecule is C.O=C1CC(c2ccccc2)CN1.O=C1CCC(Br)C(=O)N1.O=C1CCC(N2CC(c3ccccc3)CC2=O)C(=O)N1. The topological polar surface area (TPSA) is 142 Å². The number of alkyl halides is 1. The van der Waals surface area contributed by atoms with E-state index in [0.717, 1.165) is 12.1 Å². The molecule has 6 rings (SSSR count). The molecule has 4 aliphatic heterocycles. The fourth-order valence-electron chi connectivity index (χ4n) is 5.19. The number of hydrogen-bond donors (Lipinski definition) is 3. The Morgan fingerprint density at radius 2 is 1.21 bits per heavy atom. The smallest absolute Gasteiger partial charge is 0.249 e. The molecule has 2 aromatic rings. The van der Waals surface area contributed by atoms with Gasteiger partial charge in [-0.3, -0.25) is 39.4 Å². The fraction of sp³-hybridized carbons (Fsp3) is 0.419. The summed E-state index contributed by atoms with van der Waals surface area (Å²) < 4.78 is 0. The van der Waals surface area contributed by atoms with Crippen molar-refractivity contribution < 1.29 is 28.8 Å². The molecule has 6 amide bonds. The molecule has 0 bridgehead atoms. The van der Waals surface area contributed by atoms with E-state index in [4.69, 9.17) is 0 Å². The van der Waals surface area contributed by atoms with Gasteiger partial charge in [0, 0.05) is 50.6 Å². The average molecular weight is 642 g/mol. The van der Waals surface area contributed by atoms with Crippen molar-refractivity contribution in [2.24, 2.45) is 0 Å². The van der Waals surface area contributed by atoms with Gasteiger partial charge in [-0.15, -0.1) is 0 Å². The van der Waals surface area contributed by atoms with Crippen molar-refractivity contribution in [2.75, 3.05) is 13.1 Å². The van der Waals surface area contributed by atoms with Crippen molar-refractivity contribution in [3.05, 3.63) is 71.8 Å². The summed E-state index contributed by atoms with van der Waals surface area (Å²) in [5, 5.41) is 7.34. The zero-order valence-electron chi connectivity index (χ0n) is 22.5. The lowest BCUT2D eigenvalue weighted by molar-refractivity contribution is -0.143. The van der Waals surface area contributed by atoms with Crippen LogP contribution in [0.4, 0.5) is 0 Å². The molecular formula is C31H37BrN4O6. The quantitative estimate of drug-likeness (QED) is 0.348. The summed E-state index contributed by atoms with van der Waals surface area (Å²) in [5.74, 6) is -0.298. The molecule has 4 saturated heterocycles. The molecule has 224 valence electrons. The largest absolute Gasteiger partial charge is 0.355 e. The maximum atomic E-state index is 12.1. The van der Waals surface area contributed by atoms with E-state index in [1.807, 2.05) is 48.5 Å². The van der Waals surface area contributed by atoms with E-state index >= 15 is 0 Å². The van der Waals surface area contributed by atoms with Crippen LogP contribution < -0.4 is 16.0 Å². The van der Waals surface area contributed by atoms with Crippen LogP contribution >= 0.6 is 15.9 Å². The van der Waals surface area contributed by atoms with Crippen LogP contribution in [0.5, 0.6) is 0 Å². The molecule has 0 aliphatic carbocycles. The maximum Gasteiger partial charge on any atom is 0.249 e. The number of benzene rings is 2. The monoisotopic (exact) mass is 640 g/mol. The minimum Gasteiger partial charge on any atom is -0.355 e. The van der Waals surface area contributed by atoms with Gasteiger partial charge in [-0.1, -0.05) is 84.0 Å². The van der Waals surface area contributed by atoms with E-state index in [9.17, 15) is 28.8 Å². The number of piperidine rings is 2. The van der Waals surface area contributed by atoms with E-state index in [-0.39, 0.29) is 53.6 Å². The van der Waals surface area contributed by atoms with Gasteiger partial charge < -0.3 is 10.2 Å². The minimum absolute atomic E-state index is 0. The van der Waals surface area contributed by atoms with E-state index in [1.165, 1.54) is 5.56 Å². The number of hydrogen-bond acceptors (Lipinski definition) is 6. The summed E-state index contributed by atoms with van der Waals surface area (Å²) in [6, 6.07) is 19.5. The Labute approximate surface area is 254 Å². The molecule has 4 aliphatic rings. The summed E-state index contributed by atoms with van der Waals surface area (Å²) in [4.78, 5) is 68.6. The molecule has 4 unspecified atom stereocenters. The van der Waals surface area contributed by atoms with Gasteiger partial charge in [-0.25, -0.2) is 0 Å². The van der Waals surface area contributed by atoms with Gasteiger partial charge in [0.2, 0.25) is 35.4 Å². The minimum atomic E-state index is -0.492. The van der Waals surface area contributed by atoms with Gasteiger partial charge in [0.25, 0.3) is 0 Å². The van der Waals surface area contributed by atoms with Crippen molar-refractivity contribution in [3.63, 3.8) is 0 Å².